The van der Waals surface area contributed by atoms with Gasteiger partial charge in [0.25, 0.3) is 0 Å². The lowest BCUT2D eigenvalue weighted by Gasteiger charge is -2.38. The number of nitrogens with zero attached hydrogens (tertiary/aromatic N) is 3. The van der Waals surface area contributed by atoms with Crippen LogP contribution < -0.4 is 10.5 Å². The summed E-state index contributed by atoms with van der Waals surface area (Å²) in [4.78, 5) is 4.81. The van der Waals surface area contributed by atoms with Crippen LogP contribution in [0.4, 0.5) is 0 Å². The molecule has 1 unspecified atom stereocenters. The molecule has 1 aromatic rings. The van der Waals surface area contributed by atoms with E-state index in [1.807, 2.05) is 18.2 Å². The molecular formula is C15H24N4O2. The molecule has 1 heterocycles. The average Bonchev–Trinajstić information content (AvgIpc) is 2.49. The normalized spacial score (nSPS) is 21.5. The summed E-state index contributed by atoms with van der Waals surface area (Å²) in [5.41, 5.74) is 7.42. The van der Waals surface area contributed by atoms with Crippen molar-refractivity contribution < 1.29 is 9.94 Å². The molecule has 116 valence electrons. The van der Waals surface area contributed by atoms with E-state index >= 15 is 0 Å². The molecule has 0 bridgehead atoms. The first-order valence-electron chi connectivity index (χ1n) is 7.12. The molecule has 0 amide bonds. The molecule has 1 atom stereocenters. The fraction of sp³-hybridized carbons (Fsp3) is 0.533. The fourth-order valence-electron chi connectivity index (χ4n) is 2.75. The van der Waals surface area contributed by atoms with Gasteiger partial charge in [0, 0.05) is 32.2 Å². The zero-order valence-corrected chi connectivity index (χ0v) is 12.9. The van der Waals surface area contributed by atoms with E-state index in [1.165, 1.54) is 0 Å². The molecule has 0 aromatic heterocycles. The smallest absolute Gasteiger partial charge is 0.173 e. The Morgan fingerprint density at radius 1 is 1.48 bits per heavy atom. The Bertz CT molecular complexity index is 518. The molecule has 1 saturated heterocycles. The van der Waals surface area contributed by atoms with Gasteiger partial charge in [0.15, 0.2) is 5.84 Å². The average molecular weight is 292 g/mol. The van der Waals surface area contributed by atoms with Gasteiger partial charge in [-0.3, -0.25) is 4.90 Å². The van der Waals surface area contributed by atoms with Crippen LogP contribution in [0.3, 0.4) is 0 Å². The quantitative estimate of drug-likeness (QED) is 0.374. The number of rotatable bonds is 4. The van der Waals surface area contributed by atoms with Crippen LogP contribution in [0, 0.1) is 0 Å². The van der Waals surface area contributed by atoms with Crippen molar-refractivity contribution in [1.29, 1.82) is 0 Å². The van der Waals surface area contributed by atoms with Crippen LogP contribution in [0.15, 0.2) is 23.4 Å². The molecule has 0 spiro atoms. The number of likely N-dealkylation sites (N-methyl/N-ethyl adjacent to an activating group) is 1. The molecular weight excluding hydrogens is 268 g/mol. The summed E-state index contributed by atoms with van der Waals surface area (Å²) in [5.74, 6) is 0.691. The maximum Gasteiger partial charge on any atom is 0.173 e. The van der Waals surface area contributed by atoms with E-state index in [4.69, 9.17) is 15.7 Å². The Labute approximate surface area is 125 Å². The highest BCUT2D eigenvalue weighted by Crippen LogP contribution is 2.22. The molecule has 2 rings (SSSR count). The van der Waals surface area contributed by atoms with Crippen LogP contribution in [0.1, 0.15) is 18.1 Å². The monoisotopic (exact) mass is 292 g/mol. The summed E-state index contributed by atoms with van der Waals surface area (Å²) in [7, 11) is 3.74. The predicted molar refractivity (Wildman–Crippen MR) is 82.9 cm³/mol. The van der Waals surface area contributed by atoms with Gasteiger partial charge in [0.05, 0.1) is 12.7 Å². The second-order valence-electron chi connectivity index (χ2n) is 5.60. The maximum absolute atomic E-state index is 8.79. The third-order valence-corrected chi connectivity index (χ3v) is 4.00. The number of nitrogens with two attached hydrogens (primary N) is 1. The van der Waals surface area contributed by atoms with E-state index < -0.39 is 0 Å². The summed E-state index contributed by atoms with van der Waals surface area (Å²) in [6.07, 6.45) is 0. The number of oxime groups is 1. The Kier molecular flexibility index (Phi) is 5.03. The van der Waals surface area contributed by atoms with Crippen molar-refractivity contribution in [3.05, 3.63) is 29.3 Å². The number of methoxy groups -OCH3 is 1. The lowest BCUT2D eigenvalue weighted by atomic mass is 10.1. The van der Waals surface area contributed by atoms with E-state index in [0.717, 1.165) is 31.7 Å². The van der Waals surface area contributed by atoms with E-state index in [0.29, 0.717) is 17.4 Å². The number of hydrogen-bond acceptors (Lipinski definition) is 5. The van der Waals surface area contributed by atoms with Gasteiger partial charge in [-0.15, -0.1) is 0 Å². The van der Waals surface area contributed by atoms with Crippen molar-refractivity contribution >= 4 is 5.84 Å². The van der Waals surface area contributed by atoms with Crippen LogP contribution in [0.5, 0.6) is 5.75 Å². The topological polar surface area (TPSA) is 74.3 Å². The summed E-state index contributed by atoms with van der Waals surface area (Å²) in [6, 6.07) is 6.32. The third kappa shape index (κ3) is 3.65. The van der Waals surface area contributed by atoms with Crippen molar-refractivity contribution in [2.45, 2.75) is 19.5 Å². The van der Waals surface area contributed by atoms with Gasteiger partial charge < -0.3 is 20.6 Å². The highest BCUT2D eigenvalue weighted by atomic mass is 16.5. The number of ether oxygens (including phenoxy) is 1. The first-order valence-corrected chi connectivity index (χ1v) is 7.12. The minimum atomic E-state index is 0.0614. The summed E-state index contributed by atoms with van der Waals surface area (Å²) in [6.45, 7) is 6.35. The molecule has 6 nitrogen and oxygen atoms in total. The maximum atomic E-state index is 8.79. The van der Waals surface area contributed by atoms with Crippen molar-refractivity contribution in [3.63, 3.8) is 0 Å². The van der Waals surface area contributed by atoms with Crippen molar-refractivity contribution in [2.24, 2.45) is 10.9 Å². The largest absolute Gasteiger partial charge is 0.496 e. The molecule has 1 fully saturated rings. The highest BCUT2D eigenvalue weighted by molar-refractivity contribution is 5.99. The third-order valence-electron chi connectivity index (χ3n) is 4.00. The van der Waals surface area contributed by atoms with E-state index in [1.54, 1.807) is 7.11 Å². The molecule has 0 saturated carbocycles. The summed E-state index contributed by atoms with van der Waals surface area (Å²) < 4.78 is 5.34. The van der Waals surface area contributed by atoms with Crippen LogP contribution in [-0.4, -0.2) is 60.7 Å². The summed E-state index contributed by atoms with van der Waals surface area (Å²) in [5, 5.41) is 11.8. The van der Waals surface area contributed by atoms with Gasteiger partial charge in [0.2, 0.25) is 0 Å². The number of piperazine rings is 1. The van der Waals surface area contributed by atoms with Crippen molar-refractivity contribution in [2.75, 3.05) is 33.8 Å². The number of amidine groups is 1. The molecule has 3 N–H and O–H groups in total. The molecule has 21 heavy (non-hydrogen) atoms. The minimum absolute atomic E-state index is 0.0614. The van der Waals surface area contributed by atoms with Gasteiger partial charge in [-0.05, 0) is 31.7 Å². The lowest BCUT2D eigenvalue weighted by Crippen LogP contribution is -2.49. The zero-order valence-electron chi connectivity index (χ0n) is 12.9. The van der Waals surface area contributed by atoms with E-state index in [9.17, 15) is 0 Å². The molecule has 0 aliphatic carbocycles. The van der Waals surface area contributed by atoms with Gasteiger partial charge in [-0.2, -0.15) is 0 Å². The molecule has 6 heteroatoms. The first kappa shape index (κ1) is 15.6. The SMILES string of the molecule is COc1cc(CN2CCN(C)CC2C)ccc1/C(N)=N/O. The standard InChI is InChI=1S/C15H24N4O2/c1-11-9-18(2)6-7-19(11)10-12-4-5-13(15(16)17-20)14(8-12)21-3/h4-5,8,11,20H,6-7,9-10H2,1-3H3,(H2,16,17). The zero-order chi connectivity index (χ0) is 15.4. The van der Waals surface area contributed by atoms with E-state index in [-0.39, 0.29) is 5.84 Å². The second kappa shape index (κ2) is 6.78. The second-order valence-corrected chi connectivity index (χ2v) is 5.60. The van der Waals surface area contributed by atoms with Gasteiger partial charge in [-0.25, -0.2) is 0 Å². The van der Waals surface area contributed by atoms with Crippen LogP contribution in [0.2, 0.25) is 0 Å². The number of hydrogen-bond donors (Lipinski definition) is 2. The summed E-state index contributed by atoms with van der Waals surface area (Å²) >= 11 is 0. The van der Waals surface area contributed by atoms with Crippen molar-refractivity contribution in [3.8, 4) is 5.75 Å². The minimum Gasteiger partial charge on any atom is -0.496 e. The molecule has 1 aromatic carbocycles. The van der Waals surface area contributed by atoms with E-state index in [2.05, 4.69) is 28.9 Å². The molecule has 1 aliphatic heterocycles. The van der Waals surface area contributed by atoms with Crippen molar-refractivity contribution in [1.82, 2.24) is 9.80 Å². The molecule has 1 aliphatic rings. The first-order chi connectivity index (χ1) is 10.0. The van der Waals surface area contributed by atoms with Gasteiger partial charge in [-0.1, -0.05) is 11.2 Å². The van der Waals surface area contributed by atoms with Crippen LogP contribution in [0.25, 0.3) is 0 Å². The van der Waals surface area contributed by atoms with Crippen LogP contribution >= 0.6 is 0 Å². The van der Waals surface area contributed by atoms with Gasteiger partial charge >= 0.3 is 0 Å². The molecule has 0 radical (unpaired) electrons. The Hall–Kier alpha value is -1.79. The lowest BCUT2D eigenvalue weighted by molar-refractivity contribution is 0.0938. The predicted octanol–water partition coefficient (Wildman–Crippen LogP) is 0.926. The Morgan fingerprint density at radius 2 is 2.24 bits per heavy atom. The van der Waals surface area contributed by atoms with Gasteiger partial charge in [0.1, 0.15) is 5.75 Å². The number of benzene rings is 1. The van der Waals surface area contributed by atoms with Crippen LogP contribution in [-0.2, 0) is 6.54 Å². The fourth-order valence-corrected chi connectivity index (χ4v) is 2.75. The Morgan fingerprint density at radius 3 is 2.86 bits per heavy atom. The Balaban J connectivity index is 2.14. The highest BCUT2D eigenvalue weighted by Gasteiger charge is 2.21.